The van der Waals surface area contributed by atoms with Crippen LogP contribution in [0.5, 0.6) is 0 Å². The van der Waals surface area contributed by atoms with E-state index in [1.807, 2.05) is 6.92 Å². The normalized spacial score (nSPS) is 9.69. The van der Waals surface area contributed by atoms with E-state index in [1.165, 1.54) is 0 Å². The Kier molecular flexibility index (Phi) is 2.84. The van der Waals surface area contributed by atoms with Crippen molar-refractivity contribution in [2.45, 2.75) is 20.4 Å². The molecule has 4 nitrogen and oxygen atoms in total. The summed E-state index contributed by atoms with van der Waals surface area (Å²) in [5.41, 5.74) is 1.49. The molecule has 0 atom stereocenters. The van der Waals surface area contributed by atoms with Gasteiger partial charge in [-0.25, -0.2) is 4.98 Å². The molecule has 1 aromatic rings. The van der Waals surface area contributed by atoms with E-state index in [-0.39, 0.29) is 5.91 Å². The van der Waals surface area contributed by atoms with Gasteiger partial charge in [0.2, 0.25) is 5.91 Å². The molecule has 0 fully saturated rings. The van der Waals surface area contributed by atoms with Gasteiger partial charge in [-0.1, -0.05) is 6.58 Å². The van der Waals surface area contributed by atoms with Crippen molar-refractivity contribution in [2.75, 3.05) is 0 Å². The third kappa shape index (κ3) is 2.74. The largest absolute Gasteiger partial charge is 0.345 e. The first-order chi connectivity index (χ1) is 6.09. The Morgan fingerprint density at radius 1 is 1.77 bits per heavy atom. The zero-order chi connectivity index (χ0) is 9.84. The van der Waals surface area contributed by atoms with Crippen LogP contribution in [0, 0.1) is 6.92 Å². The number of aromatic nitrogens is 2. The molecule has 0 saturated heterocycles. The van der Waals surface area contributed by atoms with E-state index in [9.17, 15) is 4.79 Å². The molecular weight excluding hydrogens is 166 g/mol. The lowest BCUT2D eigenvalue weighted by molar-refractivity contribution is -0.117. The highest BCUT2D eigenvalue weighted by Crippen LogP contribution is 1.94. The summed E-state index contributed by atoms with van der Waals surface area (Å²) >= 11 is 0. The quantitative estimate of drug-likeness (QED) is 0.677. The Balaban J connectivity index is 2.44. The lowest BCUT2D eigenvalue weighted by Gasteiger charge is -2.00. The van der Waals surface area contributed by atoms with Crippen molar-refractivity contribution in [3.05, 3.63) is 29.9 Å². The van der Waals surface area contributed by atoms with Crippen LogP contribution in [-0.2, 0) is 11.3 Å². The minimum Gasteiger partial charge on any atom is -0.345 e. The highest BCUT2D eigenvalue weighted by atomic mass is 16.1. The second-order valence-corrected chi connectivity index (χ2v) is 2.98. The van der Waals surface area contributed by atoms with E-state index in [0.29, 0.717) is 12.1 Å². The highest BCUT2D eigenvalue weighted by molar-refractivity contribution is 5.91. The smallest absolute Gasteiger partial charge is 0.246 e. The van der Waals surface area contributed by atoms with E-state index < -0.39 is 0 Å². The zero-order valence-electron chi connectivity index (χ0n) is 7.85. The molecule has 0 aliphatic rings. The van der Waals surface area contributed by atoms with Gasteiger partial charge in [0, 0.05) is 17.5 Å². The summed E-state index contributed by atoms with van der Waals surface area (Å²) in [6.45, 7) is 7.53. The lowest BCUT2D eigenvalue weighted by atomic mass is 10.3. The van der Waals surface area contributed by atoms with Crippen LogP contribution in [-0.4, -0.2) is 15.9 Å². The monoisotopic (exact) mass is 179 g/mol. The average Bonchev–Trinajstić information content (AvgIpc) is 2.47. The van der Waals surface area contributed by atoms with Gasteiger partial charge in [-0.05, 0) is 13.8 Å². The summed E-state index contributed by atoms with van der Waals surface area (Å²) in [5.74, 6) is 0.612. The zero-order valence-corrected chi connectivity index (χ0v) is 7.85. The number of aryl methyl sites for hydroxylation is 1. The van der Waals surface area contributed by atoms with E-state index in [2.05, 4.69) is 21.9 Å². The van der Waals surface area contributed by atoms with Crippen molar-refractivity contribution in [1.82, 2.24) is 15.3 Å². The maximum atomic E-state index is 11.1. The predicted octanol–water partition coefficient (Wildman–Crippen LogP) is 0.910. The van der Waals surface area contributed by atoms with E-state index in [0.717, 1.165) is 11.5 Å². The van der Waals surface area contributed by atoms with Crippen LogP contribution in [0.15, 0.2) is 18.3 Å². The highest BCUT2D eigenvalue weighted by Gasteiger charge is 2.02. The molecule has 1 amide bonds. The van der Waals surface area contributed by atoms with Gasteiger partial charge in [-0.3, -0.25) is 4.79 Å². The number of amides is 1. The first kappa shape index (κ1) is 9.51. The maximum absolute atomic E-state index is 11.1. The SMILES string of the molecule is C=C(C)C(=O)NCc1ncc(C)[nH]1. The molecule has 1 aromatic heterocycles. The fourth-order valence-corrected chi connectivity index (χ4v) is 0.872. The molecule has 0 bridgehead atoms. The molecule has 0 aliphatic carbocycles. The molecular formula is C9H13N3O. The standard InChI is InChI=1S/C9H13N3O/c1-6(2)9(13)11-5-8-10-4-7(3)12-8/h4H,1,5H2,2-3H3,(H,10,12)(H,11,13). The van der Waals surface area contributed by atoms with Crippen molar-refractivity contribution in [2.24, 2.45) is 0 Å². The third-order valence-electron chi connectivity index (χ3n) is 1.56. The van der Waals surface area contributed by atoms with Crippen LogP contribution in [0.3, 0.4) is 0 Å². The Labute approximate surface area is 77.1 Å². The average molecular weight is 179 g/mol. The van der Waals surface area contributed by atoms with Crippen LogP contribution >= 0.6 is 0 Å². The topological polar surface area (TPSA) is 57.8 Å². The summed E-state index contributed by atoms with van der Waals surface area (Å²) in [4.78, 5) is 18.1. The minimum atomic E-state index is -0.144. The number of carbonyl (C=O) groups is 1. The first-order valence-corrected chi connectivity index (χ1v) is 4.04. The number of nitrogens with zero attached hydrogens (tertiary/aromatic N) is 1. The molecule has 0 saturated carbocycles. The summed E-state index contributed by atoms with van der Waals surface area (Å²) in [5, 5.41) is 2.68. The van der Waals surface area contributed by atoms with Crippen LogP contribution < -0.4 is 5.32 Å². The number of nitrogens with one attached hydrogen (secondary N) is 2. The van der Waals surface area contributed by atoms with Gasteiger partial charge in [0.15, 0.2) is 0 Å². The van der Waals surface area contributed by atoms with E-state index in [4.69, 9.17) is 0 Å². The van der Waals surface area contributed by atoms with Gasteiger partial charge in [0.25, 0.3) is 0 Å². The second-order valence-electron chi connectivity index (χ2n) is 2.98. The lowest BCUT2D eigenvalue weighted by Crippen LogP contribution is -2.23. The molecule has 70 valence electrons. The first-order valence-electron chi connectivity index (χ1n) is 4.04. The fraction of sp³-hybridized carbons (Fsp3) is 0.333. The Morgan fingerprint density at radius 2 is 2.46 bits per heavy atom. The molecule has 0 aromatic carbocycles. The number of hydrogen-bond acceptors (Lipinski definition) is 2. The van der Waals surface area contributed by atoms with Crippen LogP contribution in [0.4, 0.5) is 0 Å². The van der Waals surface area contributed by atoms with Gasteiger partial charge >= 0.3 is 0 Å². The van der Waals surface area contributed by atoms with Gasteiger partial charge in [-0.2, -0.15) is 0 Å². The van der Waals surface area contributed by atoms with Gasteiger partial charge in [-0.15, -0.1) is 0 Å². The molecule has 13 heavy (non-hydrogen) atoms. The number of imidazole rings is 1. The van der Waals surface area contributed by atoms with Gasteiger partial charge in [0.05, 0.1) is 6.54 Å². The van der Waals surface area contributed by atoms with Gasteiger partial charge < -0.3 is 10.3 Å². The van der Waals surface area contributed by atoms with Gasteiger partial charge in [0.1, 0.15) is 5.82 Å². The Hall–Kier alpha value is -1.58. The molecule has 1 rings (SSSR count). The third-order valence-corrected chi connectivity index (χ3v) is 1.56. The molecule has 2 N–H and O–H groups in total. The summed E-state index contributed by atoms with van der Waals surface area (Å²) in [6, 6.07) is 0. The summed E-state index contributed by atoms with van der Waals surface area (Å²) in [7, 11) is 0. The molecule has 0 spiro atoms. The van der Waals surface area contributed by atoms with Crippen molar-refractivity contribution in [1.29, 1.82) is 0 Å². The van der Waals surface area contributed by atoms with Crippen molar-refractivity contribution >= 4 is 5.91 Å². The maximum Gasteiger partial charge on any atom is 0.246 e. The van der Waals surface area contributed by atoms with Crippen molar-refractivity contribution < 1.29 is 4.79 Å². The van der Waals surface area contributed by atoms with E-state index >= 15 is 0 Å². The number of hydrogen-bond donors (Lipinski definition) is 2. The van der Waals surface area contributed by atoms with E-state index in [1.54, 1.807) is 13.1 Å². The molecule has 0 unspecified atom stereocenters. The number of aromatic amines is 1. The molecule has 1 heterocycles. The number of rotatable bonds is 3. The summed E-state index contributed by atoms with van der Waals surface area (Å²) < 4.78 is 0. The second kappa shape index (κ2) is 3.89. The van der Waals surface area contributed by atoms with Crippen molar-refractivity contribution in [3.63, 3.8) is 0 Å². The predicted molar refractivity (Wildman–Crippen MR) is 50.0 cm³/mol. The van der Waals surface area contributed by atoms with Crippen LogP contribution in [0.2, 0.25) is 0 Å². The number of carbonyl (C=O) groups excluding carboxylic acids is 1. The number of H-pyrrole nitrogens is 1. The van der Waals surface area contributed by atoms with Crippen molar-refractivity contribution in [3.8, 4) is 0 Å². The molecule has 4 heteroatoms. The Bertz CT molecular complexity index is 327. The fourth-order valence-electron chi connectivity index (χ4n) is 0.872. The summed E-state index contributed by atoms with van der Waals surface area (Å²) in [6.07, 6.45) is 1.72. The van der Waals surface area contributed by atoms with Crippen LogP contribution in [0.25, 0.3) is 0 Å². The molecule has 0 aliphatic heterocycles. The molecule has 0 radical (unpaired) electrons. The Morgan fingerprint density at radius 3 is 2.92 bits per heavy atom. The van der Waals surface area contributed by atoms with Crippen LogP contribution in [0.1, 0.15) is 18.4 Å². The minimum absolute atomic E-state index is 0.144.